The number of benzene rings is 2. The summed E-state index contributed by atoms with van der Waals surface area (Å²) in [5.41, 5.74) is 10.3. The first-order valence-corrected chi connectivity index (χ1v) is 8.97. The Balaban J connectivity index is 0.00000280. The fourth-order valence-electron chi connectivity index (χ4n) is 3.21. The van der Waals surface area contributed by atoms with Crippen LogP contribution in [0.25, 0.3) is 10.8 Å². The van der Waals surface area contributed by atoms with Gasteiger partial charge in [0.25, 0.3) is 0 Å². The molecular formula is C21H25ClN4O2. The minimum Gasteiger partial charge on any atom is -1.00 e. The minimum absolute atomic E-state index is 0. The summed E-state index contributed by atoms with van der Waals surface area (Å²) in [7, 11) is 0. The third-order valence-electron chi connectivity index (χ3n) is 4.53. The van der Waals surface area contributed by atoms with Crippen molar-refractivity contribution >= 4 is 34.2 Å². The number of nitrogens with two attached hydrogens (primary N) is 1. The summed E-state index contributed by atoms with van der Waals surface area (Å²) in [6.45, 7) is 6.97. The molecule has 0 fully saturated rings. The van der Waals surface area contributed by atoms with E-state index in [9.17, 15) is 4.79 Å². The van der Waals surface area contributed by atoms with Crippen LogP contribution in [0.15, 0.2) is 42.5 Å². The molecule has 28 heavy (non-hydrogen) atoms. The molecule has 148 valence electrons. The number of hydrogen-bond acceptors (Lipinski definition) is 4. The molecule has 0 aliphatic carbocycles. The van der Waals surface area contributed by atoms with Gasteiger partial charge in [-0.15, -0.1) is 0 Å². The second-order valence-electron chi connectivity index (χ2n) is 6.43. The van der Waals surface area contributed by atoms with E-state index in [-0.39, 0.29) is 12.4 Å². The van der Waals surface area contributed by atoms with Crippen LogP contribution in [-0.2, 0) is 11.3 Å². The van der Waals surface area contributed by atoms with E-state index in [2.05, 4.69) is 59.8 Å². The van der Waals surface area contributed by atoms with Gasteiger partial charge in [-0.25, -0.2) is 9.78 Å². The van der Waals surface area contributed by atoms with Crippen LogP contribution in [-0.4, -0.2) is 12.7 Å². The number of halogens is 1. The molecule has 7 heteroatoms. The molecule has 6 nitrogen and oxygen atoms in total. The lowest BCUT2D eigenvalue weighted by atomic mass is 9.96. The lowest BCUT2D eigenvalue weighted by Gasteiger charge is -2.13. The van der Waals surface area contributed by atoms with Crippen LogP contribution in [0.2, 0.25) is 0 Å². The lowest BCUT2D eigenvalue weighted by Crippen LogP contribution is -3.00. The number of nitrogens with one attached hydrogen (secondary N) is 3. The average molecular weight is 401 g/mol. The molecule has 5 N–H and O–H groups in total. The summed E-state index contributed by atoms with van der Waals surface area (Å²) in [6.07, 6.45) is -0.528. The molecule has 0 atom stereocenters. The van der Waals surface area contributed by atoms with E-state index in [4.69, 9.17) is 10.5 Å². The maximum atomic E-state index is 11.5. The van der Waals surface area contributed by atoms with Gasteiger partial charge in [0.15, 0.2) is 0 Å². The quantitative estimate of drug-likeness (QED) is 0.596. The highest BCUT2D eigenvalue weighted by atomic mass is 35.5. The third-order valence-corrected chi connectivity index (χ3v) is 4.53. The zero-order chi connectivity index (χ0) is 19.4. The molecule has 0 radical (unpaired) electrons. The number of nitrogen functional groups attached to an aromatic ring is 1. The Morgan fingerprint density at radius 3 is 2.50 bits per heavy atom. The van der Waals surface area contributed by atoms with E-state index in [1.807, 2.05) is 6.07 Å². The van der Waals surface area contributed by atoms with Crippen LogP contribution >= 0.6 is 0 Å². The Morgan fingerprint density at radius 2 is 1.82 bits per heavy atom. The van der Waals surface area contributed by atoms with Gasteiger partial charge in [0, 0.05) is 6.07 Å². The molecule has 1 amide bonds. The van der Waals surface area contributed by atoms with E-state index in [1.165, 1.54) is 27.5 Å². The van der Waals surface area contributed by atoms with E-state index < -0.39 is 6.09 Å². The summed E-state index contributed by atoms with van der Waals surface area (Å²) in [5.74, 6) is 1.13. The number of aryl methyl sites for hydroxylation is 2. The lowest BCUT2D eigenvalue weighted by molar-refractivity contribution is -0.342. The van der Waals surface area contributed by atoms with Crippen molar-refractivity contribution in [2.45, 2.75) is 27.3 Å². The minimum atomic E-state index is -0.528. The second kappa shape index (κ2) is 9.28. The van der Waals surface area contributed by atoms with Gasteiger partial charge in [0.1, 0.15) is 5.69 Å². The second-order valence-corrected chi connectivity index (χ2v) is 6.43. The number of ether oxygens (including phenoxy) is 1. The first kappa shape index (κ1) is 21.3. The number of hydrogen-bond donors (Lipinski definition) is 3. The smallest absolute Gasteiger partial charge is 0.411 e. The topological polar surface area (TPSA) is 90.5 Å². The van der Waals surface area contributed by atoms with Crippen LogP contribution in [0.5, 0.6) is 0 Å². The Labute approximate surface area is 170 Å². The van der Waals surface area contributed by atoms with Gasteiger partial charge in [-0.1, -0.05) is 30.3 Å². The van der Waals surface area contributed by atoms with Crippen LogP contribution in [0.1, 0.15) is 23.6 Å². The number of H-pyrrole nitrogens is 1. The van der Waals surface area contributed by atoms with Crippen molar-refractivity contribution in [3.63, 3.8) is 0 Å². The van der Waals surface area contributed by atoms with E-state index >= 15 is 0 Å². The first-order valence-electron chi connectivity index (χ1n) is 8.97. The molecule has 3 rings (SSSR count). The normalized spacial score (nSPS) is 10.2. The third kappa shape index (κ3) is 4.64. The average Bonchev–Trinajstić information content (AvgIpc) is 2.64. The van der Waals surface area contributed by atoms with Crippen LogP contribution in [0.3, 0.4) is 0 Å². The number of aromatic amines is 1. The van der Waals surface area contributed by atoms with E-state index in [0.29, 0.717) is 24.7 Å². The molecule has 0 saturated carbocycles. The monoisotopic (exact) mass is 400 g/mol. The van der Waals surface area contributed by atoms with Crippen molar-refractivity contribution in [2.24, 2.45) is 0 Å². The van der Waals surface area contributed by atoms with E-state index in [0.717, 1.165) is 5.82 Å². The van der Waals surface area contributed by atoms with Crippen LogP contribution in [0.4, 0.5) is 22.1 Å². The predicted molar refractivity (Wildman–Crippen MR) is 109 cm³/mol. The fourth-order valence-corrected chi connectivity index (χ4v) is 3.21. The van der Waals surface area contributed by atoms with Crippen LogP contribution < -0.4 is 33.8 Å². The highest BCUT2D eigenvalue weighted by Crippen LogP contribution is 2.26. The molecule has 0 saturated heterocycles. The molecule has 0 bridgehead atoms. The Morgan fingerprint density at radius 1 is 1.11 bits per heavy atom. The van der Waals surface area contributed by atoms with Gasteiger partial charge in [-0.05, 0) is 54.3 Å². The standard InChI is InChI=1S/C21H24N4O2.ClH/c1-4-27-21(26)24-18-9-10-19(25-20(18)22)23-12-17-14(3)11-13(2)15-7-5-6-8-16(15)17;/h5-11H,4,12H2,1-3H3,(H,24,26)(H3,22,23,25);1H. The predicted octanol–water partition coefficient (Wildman–Crippen LogP) is 1.04. The van der Waals surface area contributed by atoms with Gasteiger partial charge in [-0.3, -0.25) is 5.32 Å². The Hall–Kier alpha value is -2.99. The molecular weight excluding hydrogens is 376 g/mol. The van der Waals surface area contributed by atoms with Crippen LogP contribution in [0, 0.1) is 13.8 Å². The number of fused-ring (bicyclic) bond motifs is 1. The summed E-state index contributed by atoms with van der Waals surface area (Å²) in [5, 5.41) is 8.49. The zero-order valence-corrected chi connectivity index (χ0v) is 17.0. The van der Waals surface area contributed by atoms with Crippen molar-refractivity contribution < 1.29 is 26.9 Å². The van der Waals surface area contributed by atoms with Gasteiger partial charge < -0.3 is 28.2 Å². The first-order chi connectivity index (χ1) is 13.0. The zero-order valence-electron chi connectivity index (χ0n) is 16.2. The molecule has 1 aromatic heterocycles. The SMILES string of the molecule is CCOC(=O)Nc1ccc(NCc2c(C)cc(C)c3ccccc23)[nH+]c1N.[Cl-]. The molecule has 2 aromatic carbocycles. The summed E-state index contributed by atoms with van der Waals surface area (Å²) in [6, 6.07) is 14.2. The molecule has 0 aliphatic heterocycles. The summed E-state index contributed by atoms with van der Waals surface area (Å²) < 4.78 is 4.86. The van der Waals surface area contributed by atoms with Crippen molar-refractivity contribution in [2.75, 3.05) is 23.0 Å². The van der Waals surface area contributed by atoms with Gasteiger partial charge in [-0.2, -0.15) is 0 Å². The van der Waals surface area contributed by atoms with Gasteiger partial charge >= 0.3 is 6.09 Å². The number of carbonyl (C=O) groups excluding carboxylic acids is 1. The fraction of sp³-hybridized carbons (Fsp3) is 0.238. The molecule has 3 aromatic rings. The molecule has 0 aliphatic rings. The number of anilines is 3. The summed E-state index contributed by atoms with van der Waals surface area (Å²) >= 11 is 0. The maximum Gasteiger partial charge on any atom is 0.411 e. The van der Waals surface area contributed by atoms with Crippen molar-refractivity contribution in [3.05, 3.63) is 59.2 Å². The van der Waals surface area contributed by atoms with Crippen molar-refractivity contribution in [3.8, 4) is 0 Å². The number of carbonyl (C=O) groups is 1. The number of pyridine rings is 1. The molecule has 0 spiro atoms. The highest BCUT2D eigenvalue weighted by molar-refractivity contribution is 5.90. The maximum absolute atomic E-state index is 11.5. The number of aromatic nitrogens is 1. The Bertz CT molecular complexity index is 992. The van der Waals surface area contributed by atoms with Crippen molar-refractivity contribution in [1.82, 2.24) is 0 Å². The number of amides is 1. The van der Waals surface area contributed by atoms with Gasteiger partial charge in [0.2, 0.25) is 11.6 Å². The van der Waals surface area contributed by atoms with Crippen molar-refractivity contribution in [1.29, 1.82) is 0 Å². The van der Waals surface area contributed by atoms with E-state index in [1.54, 1.807) is 13.0 Å². The number of rotatable bonds is 5. The van der Waals surface area contributed by atoms with Gasteiger partial charge in [0.05, 0.1) is 13.2 Å². The molecule has 1 heterocycles. The highest BCUT2D eigenvalue weighted by Gasteiger charge is 2.12. The molecule has 0 unspecified atom stereocenters. The Kier molecular flexibility index (Phi) is 7.06. The largest absolute Gasteiger partial charge is 1.00 e. The summed E-state index contributed by atoms with van der Waals surface area (Å²) in [4.78, 5) is 14.6.